The van der Waals surface area contributed by atoms with E-state index in [0.29, 0.717) is 18.0 Å². The topological polar surface area (TPSA) is 56.2 Å². The lowest BCUT2D eigenvalue weighted by Crippen LogP contribution is -2.24. The Morgan fingerprint density at radius 1 is 0.972 bits per heavy atom. The standard InChI is InChI=1S/C31H37N3O2/c1-4-23(2)25-15-13-24(14-16-25)22-34-29-11-8-7-10-28(29)33-30(34)12-6-5-9-21-32-31(35)26-17-19-27(36-3)20-18-26/h7-8,10-11,13-20,23H,4-6,9,12,21-22H2,1-3H3,(H,32,35). The highest BCUT2D eigenvalue weighted by Crippen LogP contribution is 2.22. The lowest BCUT2D eigenvalue weighted by atomic mass is 9.97. The van der Waals surface area contributed by atoms with E-state index in [9.17, 15) is 4.79 Å². The van der Waals surface area contributed by atoms with Gasteiger partial charge in [0, 0.05) is 25.1 Å². The van der Waals surface area contributed by atoms with Gasteiger partial charge < -0.3 is 14.6 Å². The van der Waals surface area contributed by atoms with Crippen molar-refractivity contribution in [2.75, 3.05) is 13.7 Å². The quantitative estimate of drug-likeness (QED) is 0.227. The predicted octanol–water partition coefficient (Wildman–Crippen LogP) is 6.75. The van der Waals surface area contributed by atoms with Crippen LogP contribution in [0.25, 0.3) is 11.0 Å². The van der Waals surface area contributed by atoms with E-state index in [1.165, 1.54) is 16.6 Å². The molecule has 1 N–H and O–H groups in total. The van der Waals surface area contributed by atoms with E-state index >= 15 is 0 Å². The number of nitrogens with zero attached hydrogens (tertiary/aromatic N) is 2. The van der Waals surface area contributed by atoms with Crippen molar-refractivity contribution in [1.29, 1.82) is 0 Å². The summed E-state index contributed by atoms with van der Waals surface area (Å²) in [5, 5.41) is 3.02. The van der Waals surface area contributed by atoms with Crippen LogP contribution in [0.3, 0.4) is 0 Å². The number of benzene rings is 3. The van der Waals surface area contributed by atoms with E-state index in [2.05, 4.69) is 72.3 Å². The molecule has 188 valence electrons. The molecule has 5 heteroatoms. The van der Waals surface area contributed by atoms with Gasteiger partial charge in [-0.25, -0.2) is 4.98 Å². The second kappa shape index (κ2) is 12.4. The van der Waals surface area contributed by atoms with Gasteiger partial charge in [-0.15, -0.1) is 0 Å². The maximum Gasteiger partial charge on any atom is 0.251 e. The van der Waals surface area contributed by atoms with Crippen LogP contribution in [0.4, 0.5) is 0 Å². The highest BCUT2D eigenvalue weighted by molar-refractivity contribution is 5.94. The second-order valence-corrected chi connectivity index (χ2v) is 9.45. The summed E-state index contributed by atoms with van der Waals surface area (Å²) in [7, 11) is 1.62. The number of carbonyl (C=O) groups is 1. The van der Waals surface area contributed by atoms with E-state index in [4.69, 9.17) is 9.72 Å². The summed E-state index contributed by atoms with van der Waals surface area (Å²) in [6.45, 7) is 6.01. The maximum atomic E-state index is 12.3. The Labute approximate surface area is 214 Å². The van der Waals surface area contributed by atoms with Crippen LogP contribution in [0.5, 0.6) is 5.75 Å². The fourth-order valence-electron chi connectivity index (χ4n) is 4.49. The number of carbonyl (C=O) groups excluding carboxylic acids is 1. The van der Waals surface area contributed by atoms with Gasteiger partial charge in [0.05, 0.1) is 18.1 Å². The number of imidazole rings is 1. The number of methoxy groups -OCH3 is 1. The molecule has 0 radical (unpaired) electrons. The molecule has 5 nitrogen and oxygen atoms in total. The van der Waals surface area contributed by atoms with Crippen LogP contribution in [-0.2, 0) is 13.0 Å². The van der Waals surface area contributed by atoms with Crippen LogP contribution in [0.15, 0.2) is 72.8 Å². The minimum Gasteiger partial charge on any atom is -0.497 e. The number of para-hydroxylation sites is 2. The van der Waals surface area contributed by atoms with Crippen molar-refractivity contribution in [3.8, 4) is 5.75 Å². The molecule has 0 aliphatic heterocycles. The predicted molar refractivity (Wildman–Crippen MR) is 147 cm³/mol. The van der Waals surface area contributed by atoms with Crippen LogP contribution in [0, 0.1) is 0 Å². The molecule has 36 heavy (non-hydrogen) atoms. The van der Waals surface area contributed by atoms with E-state index in [-0.39, 0.29) is 5.91 Å². The van der Waals surface area contributed by atoms with E-state index in [1.807, 2.05) is 0 Å². The second-order valence-electron chi connectivity index (χ2n) is 9.45. The third-order valence-electron chi connectivity index (χ3n) is 6.95. The summed E-state index contributed by atoms with van der Waals surface area (Å²) in [5.41, 5.74) is 5.59. The number of aromatic nitrogens is 2. The third-order valence-corrected chi connectivity index (χ3v) is 6.95. The zero-order chi connectivity index (χ0) is 25.3. The molecular weight excluding hydrogens is 446 g/mol. The number of nitrogens with one attached hydrogen (secondary N) is 1. The summed E-state index contributed by atoms with van der Waals surface area (Å²) < 4.78 is 7.51. The van der Waals surface area contributed by atoms with Gasteiger partial charge in [0.25, 0.3) is 5.91 Å². The number of aryl methyl sites for hydroxylation is 1. The van der Waals surface area contributed by atoms with Gasteiger partial charge >= 0.3 is 0 Å². The fraction of sp³-hybridized carbons (Fsp3) is 0.355. The van der Waals surface area contributed by atoms with Crippen LogP contribution >= 0.6 is 0 Å². The van der Waals surface area contributed by atoms with Crippen LogP contribution in [-0.4, -0.2) is 29.1 Å². The smallest absolute Gasteiger partial charge is 0.251 e. The molecule has 1 amide bonds. The lowest BCUT2D eigenvalue weighted by molar-refractivity contribution is 0.0953. The number of hydrogen-bond donors (Lipinski definition) is 1. The molecule has 0 fully saturated rings. The van der Waals surface area contributed by atoms with Gasteiger partial charge in [-0.3, -0.25) is 4.79 Å². The van der Waals surface area contributed by atoms with Crippen molar-refractivity contribution in [2.24, 2.45) is 0 Å². The molecule has 1 aromatic heterocycles. The Bertz CT molecular complexity index is 1260. The van der Waals surface area contributed by atoms with Crippen molar-refractivity contribution in [1.82, 2.24) is 14.9 Å². The van der Waals surface area contributed by atoms with E-state index in [1.54, 1.807) is 31.4 Å². The summed E-state index contributed by atoms with van der Waals surface area (Å²) in [5.74, 6) is 2.42. The largest absolute Gasteiger partial charge is 0.497 e. The van der Waals surface area contributed by atoms with Crippen molar-refractivity contribution in [3.63, 3.8) is 0 Å². The molecule has 3 aromatic carbocycles. The van der Waals surface area contributed by atoms with Crippen LogP contribution < -0.4 is 10.1 Å². The Kier molecular flexibility index (Phi) is 8.77. The first-order chi connectivity index (χ1) is 17.6. The summed E-state index contributed by atoms with van der Waals surface area (Å²) in [6, 6.07) is 24.6. The fourth-order valence-corrected chi connectivity index (χ4v) is 4.49. The highest BCUT2D eigenvalue weighted by Gasteiger charge is 2.12. The normalized spacial score (nSPS) is 12.0. The van der Waals surface area contributed by atoms with Gasteiger partial charge in [-0.2, -0.15) is 0 Å². The van der Waals surface area contributed by atoms with Crippen molar-refractivity contribution in [3.05, 3.63) is 95.3 Å². The van der Waals surface area contributed by atoms with E-state index in [0.717, 1.165) is 55.7 Å². The van der Waals surface area contributed by atoms with E-state index < -0.39 is 0 Å². The molecule has 1 atom stereocenters. The Morgan fingerprint density at radius 2 is 1.72 bits per heavy atom. The molecule has 1 heterocycles. The van der Waals surface area contributed by atoms with Gasteiger partial charge in [0.15, 0.2) is 0 Å². The van der Waals surface area contributed by atoms with Crippen molar-refractivity contribution < 1.29 is 9.53 Å². The van der Waals surface area contributed by atoms with Gasteiger partial charge in [-0.05, 0) is 72.7 Å². The number of unbranched alkanes of at least 4 members (excludes halogenated alkanes) is 2. The van der Waals surface area contributed by atoms with Crippen molar-refractivity contribution in [2.45, 2.75) is 58.4 Å². The maximum absolute atomic E-state index is 12.3. The molecule has 0 aliphatic carbocycles. The van der Waals surface area contributed by atoms with Gasteiger partial charge in [0.1, 0.15) is 11.6 Å². The summed E-state index contributed by atoms with van der Waals surface area (Å²) in [6.07, 6.45) is 5.09. The molecule has 4 aromatic rings. The summed E-state index contributed by atoms with van der Waals surface area (Å²) >= 11 is 0. The first-order valence-electron chi connectivity index (χ1n) is 13.0. The average Bonchev–Trinajstić information content (AvgIpc) is 3.27. The molecule has 0 saturated heterocycles. The van der Waals surface area contributed by atoms with Crippen molar-refractivity contribution >= 4 is 16.9 Å². The van der Waals surface area contributed by atoms with Crippen LogP contribution in [0.2, 0.25) is 0 Å². The number of rotatable bonds is 12. The minimum absolute atomic E-state index is 0.0428. The molecule has 4 rings (SSSR count). The van der Waals surface area contributed by atoms with Gasteiger partial charge in [-0.1, -0.05) is 56.7 Å². The summed E-state index contributed by atoms with van der Waals surface area (Å²) in [4.78, 5) is 17.3. The number of amides is 1. The molecule has 0 aliphatic rings. The first-order valence-corrected chi connectivity index (χ1v) is 13.0. The monoisotopic (exact) mass is 483 g/mol. The number of fused-ring (bicyclic) bond motifs is 1. The first kappa shape index (κ1) is 25.5. The zero-order valence-electron chi connectivity index (χ0n) is 21.7. The minimum atomic E-state index is -0.0428. The average molecular weight is 484 g/mol. The third kappa shape index (κ3) is 6.34. The molecule has 0 bridgehead atoms. The highest BCUT2D eigenvalue weighted by atomic mass is 16.5. The number of ether oxygens (including phenoxy) is 1. The Balaban J connectivity index is 1.31. The SMILES string of the molecule is CCC(C)c1ccc(Cn2c(CCCCCNC(=O)c3ccc(OC)cc3)nc3ccccc32)cc1. The lowest BCUT2D eigenvalue weighted by Gasteiger charge is -2.12. The molecular formula is C31H37N3O2. The number of hydrogen-bond acceptors (Lipinski definition) is 3. The van der Waals surface area contributed by atoms with Gasteiger partial charge in [0.2, 0.25) is 0 Å². The van der Waals surface area contributed by atoms with Crippen LogP contribution in [0.1, 0.15) is 72.8 Å². The molecule has 1 unspecified atom stereocenters. The Morgan fingerprint density at radius 3 is 2.44 bits per heavy atom. The molecule has 0 spiro atoms. The zero-order valence-corrected chi connectivity index (χ0v) is 21.7. The Hall–Kier alpha value is -3.60. The molecule has 0 saturated carbocycles.